The molecule has 0 amide bonds. The van der Waals surface area contributed by atoms with E-state index in [-0.39, 0.29) is 27.5 Å². The summed E-state index contributed by atoms with van der Waals surface area (Å²) in [5.74, 6) is 0. The second-order valence-corrected chi connectivity index (χ2v) is 17.9. The van der Waals surface area contributed by atoms with Crippen molar-refractivity contribution in [3.63, 3.8) is 0 Å². The Kier molecular flexibility index (Phi) is 10.1. The summed E-state index contributed by atoms with van der Waals surface area (Å²) in [6, 6.07) is 23.6. The number of allylic oxidation sites excluding steroid dienone is 2. The number of aryl methyl sites for hydroxylation is 2. The molecule has 0 N–H and O–H groups in total. The van der Waals surface area contributed by atoms with E-state index in [0.29, 0.717) is 32.3 Å². The van der Waals surface area contributed by atoms with E-state index in [1.165, 1.54) is 36.4 Å². The third-order valence-electron chi connectivity index (χ3n) is 8.01. The number of sulfone groups is 1. The Morgan fingerprint density at radius 1 is 0.617 bits per heavy atom. The smallest absolute Gasteiger partial charge is 0.266 e. The molecule has 0 heterocycles. The molecule has 4 aromatic carbocycles. The Labute approximate surface area is 286 Å². The van der Waals surface area contributed by atoms with Crippen molar-refractivity contribution < 1.29 is 33.6 Å². The van der Waals surface area contributed by atoms with E-state index in [4.69, 9.17) is 31.6 Å². The first-order valence-corrected chi connectivity index (χ1v) is 19.8. The minimum atomic E-state index is -4.25. The summed E-state index contributed by atoms with van der Waals surface area (Å²) in [6.07, 6.45) is 1.34. The van der Waals surface area contributed by atoms with Gasteiger partial charge < -0.3 is 0 Å². The molecule has 0 radical (unpaired) electrons. The summed E-state index contributed by atoms with van der Waals surface area (Å²) in [5.41, 5.74) is 3.15. The van der Waals surface area contributed by atoms with Crippen molar-refractivity contribution in [3.05, 3.63) is 123 Å². The molecule has 47 heavy (non-hydrogen) atoms. The highest BCUT2D eigenvalue weighted by atomic mass is 35.5. The first kappa shape index (κ1) is 35.3. The molecular weight excluding hydrogens is 703 g/mol. The SMILES string of the molecule is Cc1ccc(S(=O)(=O)OCC2(COS(=O)(=O)c3ccc(C)cc3)CC(c3ccc(S(C)(=O)=O)cc3)=C(c3ccc(Cl)cc3Cl)C2)cc1. The van der Waals surface area contributed by atoms with Gasteiger partial charge in [-0.1, -0.05) is 76.8 Å². The van der Waals surface area contributed by atoms with Gasteiger partial charge in [0.05, 0.1) is 27.9 Å². The first-order valence-electron chi connectivity index (χ1n) is 14.4. The van der Waals surface area contributed by atoms with Crippen LogP contribution in [-0.4, -0.2) is 44.7 Å². The van der Waals surface area contributed by atoms with Gasteiger partial charge in [0.1, 0.15) is 0 Å². The first-order chi connectivity index (χ1) is 22.0. The van der Waals surface area contributed by atoms with Crippen molar-refractivity contribution in [2.24, 2.45) is 5.41 Å². The fourth-order valence-corrected chi connectivity index (χ4v) is 8.57. The number of halogens is 2. The highest BCUT2D eigenvalue weighted by Crippen LogP contribution is 2.52. The lowest BCUT2D eigenvalue weighted by Crippen LogP contribution is -2.33. The molecule has 0 fully saturated rings. The van der Waals surface area contributed by atoms with Crippen molar-refractivity contribution >= 4 is 64.4 Å². The van der Waals surface area contributed by atoms with Gasteiger partial charge in [-0.05, 0) is 97.5 Å². The van der Waals surface area contributed by atoms with Crippen LogP contribution in [0.3, 0.4) is 0 Å². The molecule has 4 aromatic rings. The van der Waals surface area contributed by atoms with Crippen LogP contribution < -0.4 is 0 Å². The monoisotopic (exact) mass is 734 g/mol. The maximum Gasteiger partial charge on any atom is 0.296 e. The Balaban J connectivity index is 1.58. The molecule has 0 atom stereocenters. The van der Waals surface area contributed by atoms with Gasteiger partial charge in [0, 0.05) is 21.7 Å². The number of hydrogen-bond donors (Lipinski definition) is 0. The molecule has 0 bridgehead atoms. The number of rotatable bonds is 11. The van der Waals surface area contributed by atoms with Crippen LogP contribution in [0.1, 0.15) is 35.1 Å². The molecule has 8 nitrogen and oxygen atoms in total. The lowest BCUT2D eigenvalue weighted by Gasteiger charge is -2.29. The minimum absolute atomic E-state index is 0.0463. The van der Waals surface area contributed by atoms with Crippen LogP contribution in [0.2, 0.25) is 10.0 Å². The van der Waals surface area contributed by atoms with E-state index in [2.05, 4.69) is 0 Å². The Morgan fingerprint density at radius 3 is 1.51 bits per heavy atom. The molecule has 0 aromatic heterocycles. The topological polar surface area (TPSA) is 121 Å². The predicted octanol–water partition coefficient (Wildman–Crippen LogP) is 7.52. The van der Waals surface area contributed by atoms with Gasteiger partial charge in [0.25, 0.3) is 20.2 Å². The molecule has 1 aliphatic carbocycles. The van der Waals surface area contributed by atoms with Gasteiger partial charge in [0.2, 0.25) is 0 Å². The van der Waals surface area contributed by atoms with Crippen LogP contribution in [0, 0.1) is 19.3 Å². The standard InChI is InChI=1S/C34H32Cl2O8S3/c1-23-4-11-28(12-5-23)46(39,40)43-21-34(22-44-47(41,42)29-13-6-24(2)7-14-29)19-31(25-8-15-27(16-9-25)45(3,37)38)32(20-34)30-17-10-26(35)18-33(30)36/h4-18H,19-22H2,1-3H3. The van der Waals surface area contributed by atoms with E-state index in [1.54, 1.807) is 54.6 Å². The van der Waals surface area contributed by atoms with Crippen molar-refractivity contribution in [2.45, 2.75) is 41.4 Å². The van der Waals surface area contributed by atoms with Crippen molar-refractivity contribution in [1.29, 1.82) is 0 Å². The molecule has 5 rings (SSSR count). The van der Waals surface area contributed by atoms with Gasteiger partial charge in [-0.15, -0.1) is 0 Å². The fourth-order valence-electron chi connectivity index (χ4n) is 5.39. The zero-order valence-corrected chi connectivity index (χ0v) is 29.7. The average Bonchev–Trinajstić information content (AvgIpc) is 3.39. The fraction of sp³-hybridized carbons (Fsp3) is 0.235. The molecule has 0 unspecified atom stereocenters. The minimum Gasteiger partial charge on any atom is -0.266 e. The second kappa shape index (κ2) is 13.5. The van der Waals surface area contributed by atoms with Crippen LogP contribution in [0.15, 0.2) is 106 Å². The molecule has 0 saturated heterocycles. The lowest BCUT2D eigenvalue weighted by atomic mass is 9.84. The lowest BCUT2D eigenvalue weighted by molar-refractivity contribution is 0.0982. The largest absolute Gasteiger partial charge is 0.296 e. The third-order valence-corrected chi connectivity index (χ3v) is 12.2. The molecule has 13 heteroatoms. The summed E-state index contributed by atoms with van der Waals surface area (Å²) >= 11 is 12.9. The quantitative estimate of drug-likeness (QED) is 0.145. The normalized spacial score (nSPS) is 15.3. The highest BCUT2D eigenvalue weighted by Gasteiger charge is 2.43. The predicted molar refractivity (Wildman–Crippen MR) is 183 cm³/mol. The summed E-state index contributed by atoms with van der Waals surface area (Å²) in [7, 11) is -12.0. The zero-order chi connectivity index (χ0) is 34.2. The van der Waals surface area contributed by atoms with Crippen LogP contribution in [0.4, 0.5) is 0 Å². The average molecular weight is 736 g/mol. The van der Waals surface area contributed by atoms with Crippen LogP contribution in [-0.2, 0) is 38.4 Å². The van der Waals surface area contributed by atoms with E-state index in [0.717, 1.165) is 17.4 Å². The van der Waals surface area contributed by atoms with E-state index >= 15 is 0 Å². The third kappa shape index (κ3) is 8.17. The maximum atomic E-state index is 13.3. The summed E-state index contributed by atoms with van der Waals surface area (Å²) in [4.78, 5) is 0.0298. The van der Waals surface area contributed by atoms with Crippen molar-refractivity contribution in [2.75, 3.05) is 19.5 Å². The van der Waals surface area contributed by atoms with Crippen LogP contribution >= 0.6 is 23.2 Å². The molecule has 0 spiro atoms. The second-order valence-electron chi connectivity index (χ2n) is 11.8. The van der Waals surface area contributed by atoms with Gasteiger partial charge >= 0.3 is 0 Å². The summed E-state index contributed by atoms with van der Waals surface area (Å²) < 4.78 is 89.0. The van der Waals surface area contributed by atoms with Crippen molar-refractivity contribution in [3.8, 4) is 0 Å². The highest BCUT2D eigenvalue weighted by molar-refractivity contribution is 7.90. The Morgan fingerprint density at radius 2 is 1.06 bits per heavy atom. The van der Waals surface area contributed by atoms with Gasteiger partial charge in [-0.2, -0.15) is 16.8 Å². The molecule has 0 saturated carbocycles. The number of benzene rings is 4. The van der Waals surface area contributed by atoms with Gasteiger partial charge in [0.15, 0.2) is 9.84 Å². The van der Waals surface area contributed by atoms with E-state index < -0.39 is 48.7 Å². The number of hydrogen-bond acceptors (Lipinski definition) is 8. The molecule has 0 aliphatic heterocycles. The molecular formula is C34H32Cl2O8S3. The van der Waals surface area contributed by atoms with Crippen LogP contribution in [0.25, 0.3) is 11.1 Å². The molecule has 1 aliphatic rings. The summed E-state index contributed by atoms with van der Waals surface area (Å²) in [5, 5.41) is 0.734. The van der Waals surface area contributed by atoms with Gasteiger partial charge in [-0.25, -0.2) is 8.42 Å². The van der Waals surface area contributed by atoms with Crippen molar-refractivity contribution in [1.82, 2.24) is 0 Å². The molecule has 248 valence electrons. The van der Waals surface area contributed by atoms with Gasteiger partial charge in [-0.3, -0.25) is 8.37 Å². The zero-order valence-electron chi connectivity index (χ0n) is 25.7. The maximum absolute atomic E-state index is 13.3. The van der Waals surface area contributed by atoms with Crippen LogP contribution in [0.5, 0.6) is 0 Å². The Hall–Kier alpha value is -3.03. The van der Waals surface area contributed by atoms with E-state index in [9.17, 15) is 25.3 Å². The van der Waals surface area contributed by atoms with E-state index in [1.807, 2.05) is 13.8 Å². The summed E-state index contributed by atoms with van der Waals surface area (Å²) in [6.45, 7) is 2.81. The Bertz CT molecular complexity index is 2080.